The lowest BCUT2D eigenvalue weighted by Crippen LogP contribution is -2.13. The van der Waals surface area contributed by atoms with Crippen molar-refractivity contribution in [2.75, 3.05) is 0 Å². The van der Waals surface area contributed by atoms with Gasteiger partial charge in [0, 0.05) is 19.8 Å². The highest BCUT2D eigenvalue weighted by molar-refractivity contribution is 8.01. The average Bonchev–Trinajstić information content (AvgIpc) is 2.57. The van der Waals surface area contributed by atoms with E-state index in [0.29, 0.717) is 5.25 Å². The summed E-state index contributed by atoms with van der Waals surface area (Å²) >= 11 is 4.00. The van der Waals surface area contributed by atoms with E-state index in [4.69, 9.17) is 0 Å². The van der Waals surface area contributed by atoms with Crippen LogP contribution in [0.3, 0.4) is 0 Å². The van der Waals surface area contributed by atoms with Crippen molar-refractivity contribution in [3.05, 3.63) is 59.2 Å². The van der Waals surface area contributed by atoms with Crippen molar-refractivity contribution in [1.29, 1.82) is 0 Å². The van der Waals surface area contributed by atoms with Crippen LogP contribution in [-0.2, 0) is 10.8 Å². The largest absolute Gasteiger partial charge is 0.120 e. The van der Waals surface area contributed by atoms with Gasteiger partial charge in [-0.05, 0) is 52.1 Å². The van der Waals surface area contributed by atoms with E-state index in [2.05, 4.69) is 112 Å². The topological polar surface area (TPSA) is 0 Å². The summed E-state index contributed by atoms with van der Waals surface area (Å²) in [6, 6.07) is 16.4. The van der Waals surface area contributed by atoms with E-state index < -0.39 is 0 Å². The summed E-state index contributed by atoms with van der Waals surface area (Å²) in [5.74, 6) is 0. The summed E-state index contributed by atoms with van der Waals surface area (Å²) in [7, 11) is 0. The van der Waals surface area contributed by atoms with Crippen LogP contribution in [0.2, 0.25) is 0 Å². The molecule has 0 fully saturated rings. The Balaban J connectivity index is 2.41. The molecule has 29 heavy (non-hydrogen) atoms. The first kappa shape index (κ1) is 24.4. The Kier molecular flexibility index (Phi) is 7.66. The van der Waals surface area contributed by atoms with E-state index in [9.17, 15) is 0 Å². The third kappa shape index (κ3) is 7.10. The van der Waals surface area contributed by atoms with Crippen molar-refractivity contribution >= 4 is 23.5 Å². The van der Waals surface area contributed by atoms with Gasteiger partial charge >= 0.3 is 0 Å². The van der Waals surface area contributed by atoms with Gasteiger partial charge in [0.2, 0.25) is 0 Å². The van der Waals surface area contributed by atoms with Crippen molar-refractivity contribution < 1.29 is 0 Å². The van der Waals surface area contributed by atoms with Crippen LogP contribution in [0.1, 0.15) is 97.6 Å². The molecule has 1 unspecified atom stereocenters. The van der Waals surface area contributed by atoms with Crippen LogP contribution in [0.4, 0.5) is 0 Å². The van der Waals surface area contributed by atoms with Gasteiger partial charge in [0.05, 0.1) is 0 Å². The normalized spacial score (nSPS) is 14.1. The summed E-state index contributed by atoms with van der Waals surface area (Å²) in [4.78, 5) is 2.79. The molecule has 0 spiro atoms. The summed E-state index contributed by atoms with van der Waals surface area (Å²) in [6.45, 7) is 23.0. The molecule has 2 aromatic rings. The molecule has 2 aromatic carbocycles. The van der Waals surface area contributed by atoms with E-state index in [1.807, 2.05) is 23.5 Å². The molecule has 0 radical (unpaired) electrons. The minimum atomic E-state index is 0.164. The van der Waals surface area contributed by atoms with E-state index in [-0.39, 0.29) is 15.6 Å². The van der Waals surface area contributed by atoms with Gasteiger partial charge in [-0.15, -0.1) is 23.5 Å². The molecule has 2 rings (SSSR count). The van der Waals surface area contributed by atoms with Crippen molar-refractivity contribution in [1.82, 2.24) is 0 Å². The van der Waals surface area contributed by atoms with Crippen LogP contribution in [0.5, 0.6) is 0 Å². The Bertz CT molecular complexity index is 796. The van der Waals surface area contributed by atoms with Crippen molar-refractivity contribution in [2.24, 2.45) is 0 Å². The fraction of sp³-hybridized carbons (Fsp3) is 0.556. The molecule has 1 atom stereocenters. The second kappa shape index (κ2) is 9.10. The molecule has 0 amide bonds. The second-order valence-electron chi connectivity index (χ2n) is 11.0. The van der Waals surface area contributed by atoms with Gasteiger partial charge in [-0.3, -0.25) is 0 Å². The standard InChI is InChI=1S/C27H40S2/c1-11-23(28-21-15-12-19(13-16-21)25(2,3)4)22-18-20(26(5,6)7)14-17-24(22)29-27(8,9)10/h12-18,23H,11H2,1-10H3. The first-order chi connectivity index (χ1) is 13.2. The van der Waals surface area contributed by atoms with Crippen molar-refractivity contribution in [3.63, 3.8) is 0 Å². The van der Waals surface area contributed by atoms with Gasteiger partial charge in [-0.2, -0.15) is 0 Å². The molecular weight excluding hydrogens is 388 g/mol. The van der Waals surface area contributed by atoms with Gasteiger partial charge in [-0.25, -0.2) is 0 Å². The van der Waals surface area contributed by atoms with E-state index in [0.717, 1.165) is 6.42 Å². The molecule has 2 heteroatoms. The molecule has 0 saturated carbocycles. The zero-order chi connectivity index (χ0) is 22.0. The van der Waals surface area contributed by atoms with Crippen LogP contribution in [-0.4, -0.2) is 4.75 Å². The van der Waals surface area contributed by atoms with Crippen molar-refractivity contribution in [2.45, 2.75) is 106 Å². The SMILES string of the molecule is CCC(Sc1ccc(C(C)(C)C)cc1)c1cc(C(C)(C)C)ccc1SC(C)(C)C. The third-order valence-corrected chi connectivity index (χ3v) is 7.63. The van der Waals surface area contributed by atoms with Crippen LogP contribution in [0.15, 0.2) is 52.3 Å². The quantitative estimate of drug-likeness (QED) is 0.435. The Hall–Kier alpha value is -0.860. The molecule has 0 aliphatic heterocycles. The molecule has 0 nitrogen and oxygen atoms in total. The molecule has 160 valence electrons. The molecule has 0 aliphatic carbocycles. The molecular formula is C27H40S2. The number of thioether (sulfide) groups is 2. The highest BCUT2D eigenvalue weighted by Crippen LogP contribution is 2.45. The van der Waals surface area contributed by atoms with E-state index >= 15 is 0 Å². The molecule has 0 heterocycles. The minimum Gasteiger partial charge on any atom is -0.120 e. The maximum atomic E-state index is 2.47. The van der Waals surface area contributed by atoms with Crippen LogP contribution >= 0.6 is 23.5 Å². The zero-order valence-corrected chi connectivity index (χ0v) is 21.8. The van der Waals surface area contributed by atoms with Gasteiger partial charge in [0.15, 0.2) is 0 Å². The first-order valence-electron chi connectivity index (χ1n) is 10.8. The van der Waals surface area contributed by atoms with E-state index in [1.54, 1.807) is 0 Å². The lowest BCUT2D eigenvalue weighted by Gasteiger charge is -2.27. The molecule has 0 saturated heterocycles. The monoisotopic (exact) mass is 428 g/mol. The van der Waals surface area contributed by atoms with Gasteiger partial charge in [0.1, 0.15) is 0 Å². The van der Waals surface area contributed by atoms with Gasteiger partial charge in [0.25, 0.3) is 0 Å². The molecule has 0 aliphatic rings. The summed E-state index contributed by atoms with van der Waals surface area (Å²) in [5.41, 5.74) is 4.67. The maximum Gasteiger partial charge on any atom is 0.0353 e. The minimum absolute atomic E-state index is 0.164. The molecule has 0 N–H and O–H groups in total. The van der Waals surface area contributed by atoms with Gasteiger partial charge < -0.3 is 0 Å². The van der Waals surface area contributed by atoms with Crippen molar-refractivity contribution in [3.8, 4) is 0 Å². The predicted molar refractivity (Wildman–Crippen MR) is 135 cm³/mol. The van der Waals surface area contributed by atoms with Gasteiger partial charge in [-0.1, -0.05) is 93.5 Å². The molecule has 0 aromatic heterocycles. The predicted octanol–water partition coefficient (Wildman–Crippen LogP) is 9.42. The lowest BCUT2D eigenvalue weighted by molar-refractivity contribution is 0.588. The first-order valence-corrected chi connectivity index (χ1v) is 12.5. The van der Waals surface area contributed by atoms with Crippen LogP contribution in [0, 0.1) is 0 Å². The van der Waals surface area contributed by atoms with E-state index in [1.165, 1.54) is 26.5 Å². The number of benzene rings is 2. The Labute approximate surface area is 188 Å². The maximum absolute atomic E-state index is 2.47. The highest BCUT2D eigenvalue weighted by atomic mass is 32.2. The second-order valence-corrected chi connectivity index (χ2v) is 14.2. The molecule has 0 bridgehead atoms. The fourth-order valence-corrected chi connectivity index (χ4v) is 5.55. The third-order valence-electron chi connectivity index (χ3n) is 5.01. The lowest BCUT2D eigenvalue weighted by atomic mass is 9.86. The summed E-state index contributed by atoms with van der Waals surface area (Å²) in [6.07, 6.45) is 1.12. The smallest absolute Gasteiger partial charge is 0.0353 e. The van der Waals surface area contributed by atoms with Crippen LogP contribution < -0.4 is 0 Å². The summed E-state index contributed by atoms with van der Waals surface area (Å²) in [5, 5.41) is 0.461. The summed E-state index contributed by atoms with van der Waals surface area (Å²) < 4.78 is 0.204. The number of hydrogen-bond acceptors (Lipinski definition) is 2. The van der Waals surface area contributed by atoms with Crippen LogP contribution in [0.25, 0.3) is 0 Å². The fourth-order valence-electron chi connectivity index (χ4n) is 3.25. The Morgan fingerprint density at radius 3 is 1.69 bits per heavy atom. The Morgan fingerprint density at radius 2 is 1.24 bits per heavy atom. The number of rotatable bonds is 5. The average molecular weight is 429 g/mol. The Morgan fingerprint density at radius 1 is 0.724 bits per heavy atom. The zero-order valence-electron chi connectivity index (χ0n) is 20.1. The number of hydrogen-bond donors (Lipinski definition) is 0. The highest BCUT2D eigenvalue weighted by Gasteiger charge is 2.23.